The lowest BCUT2D eigenvalue weighted by Crippen LogP contribution is -2.16. The van der Waals surface area contributed by atoms with Gasteiger partial charge in [-0.25, -0.2) is 0 Å². The summed E-state index contributed by atoms with van der Waals surface area (Å²) >= 11 is 0. The molecule has 0 amide bonds. The van der Waals surface area contributed by atoms with E-state index in [0.717, 1.165) is 6.42 Å². The Bertz CT molecular complexity index is 206. The normalized spacial score (nSPS) is 32.6. The minimum absolute atomic E-state index is 0.0936. The molecule has 0 radical (unpaired) electrons. The second kappa shape index (κ2) is 3.29. The molecule has 0 spiro atoms. The van der Waals surface area contributed by atoms with E-state index < -0.39 is 5.97 Å². The first-order chi connectivity index (χ1) is 5.96. The maximum absolute atomic E-state index is 10.9. The summed E-state index contributed by atoms with van der Waals surface area (Å²) in [6, 6.07) is 0. The Kier molecular flexibility index (Phi) is 2.66. The molecule has 76 valence electrons. The zero-order chi connectivity index (χ0) is 10.2. The molecule has 1 unspecified atom stereocenters. The van der Waals surface area contributed by atoms with Crippen LogP contribution < -0.4 is 0 Å². The van der Waals surface area contributed by atoms with E-state index in [-0.39, 0.29) is 23.4 Å². The number of aliphatic carboxylic acids is 1. The van der Waals surface area contributed by atoms with E-state index in [2.05, 4.69) is 0 Å². The van der Waals surface area contributed by atoms with Crippen LogP contribution in [0.4, 0.5) is 0 Å². The fourth-order valence-corrected chi connectivity index (χ4v) is 2.41. The number of carbonyl (C=O) groups is 1. The largest absolute Gasteiger partial charge is 0.481 e. The van der Waals surface area contributed by atoms with Gasteiger partial charge in [0.15, 0.2) is 0 Å². The summed E-state index contributed by atoms with van der Waals surface area (Å²) in [6.45, 7) is 6.03. The van der Waals surface area contributed by atoms with Crippen molar-refractivity contribution in [2.24, 2.45) is 17.3 Å². The van der Waals surface area contributed by atoms with Crippen LogP contribution in [0.5, 0.6) is 0 Å². The molecule has 1 N–H and O–H groups in total. The van der Waals surface area contributed by atoms with Crippen LogP contribution in [0.1, 0.15) is 27.2 Å². The molecule has 1 aliphatic carbocycles. The number of methoxy groups -OCH3 is 1. The maximum Gasteiger partial charge on any atom is 0.307 e. The second-order valence-electron chi connectivity index (χ2n) is 4.35. The van der Waals surface area contributed by atoms with E-state index in [4.69, 9.17) is 9.84 Å². The predicted octanol–water partition coefficient (Wildman–Crippen LogP) is 1.77. The first-order valence-corrected chi connectivity index (χ1v) is 4.72. The number of carboxylic acid groups (broad SMARTS) is 1. The molecule has 0 aromatic carbocycles. The quantitative estimate of drug-likeness (QED) is 0.727. The molecule has 1 aliphatic rings. The lowest BCUT2D eigenvalue weighted by molar-refractivity contribution is -0.139. The van der Waals surface area contributed by atoms with Crippen molar-refractivity contribution in [1.82, 2.24) is 0 Å². The molecular formula is C10H18O3. The number of rotatable bonds is 4. The summed E-state index contributed by atoms with van der Waals surface area (Å²) in [4.78, 5) is 10.9. The summed E-state index contributed by atoms with van der Waals surface area (Å²) in [6.07, 6.45) is 0.977. The fraction of sp³-hybridized carbons (Fsp3) is 0.900. The first kappa shape index (κ1) is 10.5. The Balaban J connectivity index is 2.69. The van der Waals surface area contributed by atoms with Crippen LogP contribution in [0.3, 0.4) is 0 Å². The van der Waals surface area contributed by atoms with Gasteiger partial charge in [0.1, 0.15) is 0 Å². The van der Waals surface area contributed by atoms with Crippen molar-refractivity contribution in [3.8, 4) is 0 Å². The molecule has 0 aromatic rings. The van der Waals surface area contributed by atoms with Gasteiger partial charge in [-0.15, -0.1) is 0 Å². The molecule has 1 rings (SSSR count). The highest BCUT2D eigenvalue weighted by molar-refractivity contribution is 5.75. The van der Waals surface area contributed by atoms with Crippen molar-refractivity contribution in [3.05, 3.63) is 0 Å². The average molecular weight is 186 g/mol. The number of ether oxygens (including phenoxy) is 1. The molecule has 0 bridgehead atoms. The van der Waals surface area contributed by atoms with Crippen LogP contribution >= 0.6 is 0 Å². The van der Waals surface area contributed by atoms with Gasteiger partial charge in [-0.3, -0.25) is 4.79 Å². The average Bonchev–Trinajstić information content (AvgIpc) is 2.57. The Hall–Kier alpha value is -0.570. The molecule has 1 saturated carbocycles. The number of carboxylic acids is 1. The zero-order valence-electron chi connectivity index (χ0n) is 8.70. The van der Waals surface area contributed by atoms with Gasteiger partial charge in [0.25, 0.3) is 0 Å². The first-order valence-electron chi connectivity index (χ1n) is 4.72. The van der Waals surface area contributed by atoms with Gasteiger partial charge >= 0.3 is 5.97 Å². The van der Waals surface area contributed by atoms with Crippen molar-refractivity contribution in [2.45, 2.75) is 33.3 Å². The fourth-order valence-electron chi connectivity index (χ4n) is 2.41. The molecule has 0 aliphatic heterocycles. The highest BCUT2D eigenvalue weighted by Gasteiger charge is 2.64. The van der Waals surface area contributed by atoms with E-state index in [1.807, 2.05) is 20.8 Å². The summed E-state index contributed by atoms with van der Waals surface area (Å²) in [5.74, 6) is -0.733. The van der Waals surface area contributed by atoms with Crippen LogP contribution in [-0.2, 0) is 9.53 Å². The van der Waals surface area contributed by atoms with E-state index in [0.29, 0.717) is 0 Å². The van der Waals surface area contributed by atoms with Crippen molar-refractivity contribution in [3.63, 3.8) is 0 Å². The van der Waals surface area contributed by atoms with Crippen LogP contribution in [0.15, 0.2) is 0 Å². The molecule has 0 heterocycles. The van der Waals surface area contributed by atoms with Crippen LogP contribution in [0, 0.1) is 17.3 Å². The van der Waals surface area contributed by atoms with Crippen molar-refractivity contribution < 1.29 is 14.6 Å². The topological polar surface area (TPSA) is 46.5 Å². The van der Waals surface area contributed by atoms with Crippen LogP contribution in [0.25, 0.3) is 0 Å². The van der Waals surface area contributed by atoms with Gasteiger partial charge < -0.3 is 9.84 Å². The van der Waals surface area contributed by atoms with Crippen molar-refractivity contribution in [2.75, 3.05) is 7.11 Å². The van der Waals surface area contributed by atoms with Gasteiger partial charge in [0, 0.05) is 13.0 Å². The Labute approximate surface area is 79.1 Å². The van der Waals surface area contributed by atoms with Gasteiger partial charge in [-0.2, -0.15) is 0 Å². The molecule has 3 heteroatoms. The smallest absolute Gasteiger partial charge is 0.307 e. The van der Waals surface area contributed by atoms with E-state index in [1.165, 1.54) is 0 Å². The third-order valence-corrected chi connectivity index (χ3v) is 3.28. The minimum Gasteiger partial charge on any atom is -0.481 e. The summed E-state index contributed by atoms with van der Waals surface area (Å²) in [5, 5.41) is 8.94. The van der Waals surface area contributed by atoms with E-state index in [9.17, 15) is 4.79 Å². The number of hydrogen-bond donors (Lipinski definition) is 1. The lowest BCUT2D eigenvalue weighted by Gasteiger charge is -2.13. The van der Waals surface area contributed by atoms with Gasteiger partial charge in [0.05, 0.1) is 12.0 Å². The minimum atomic E-state index is -0.689. The van der Waals surface area contributed by atoms with Crippen LogP contribution in [-0.4, -0.2) is 24.3 Å². The van der Waals surface area contributed by atoms with Gasteiger partial charge in [0.2, 0.25) is 0 Å². The second-order valence-corrected chi connectivity index (χ2v) is 4.35. The number of hydrogen-bond acceptors (Lipinski definition) is 2. The molecule has 3 atom stereocenters. The summed E-state index contributed by atoms with van der Waals surface area (Å²) in [7, 11) is 1.65. The highest BCUT2D eigenvalue weighted by Crippen LogP contribution is 2.60. The standard InChI is InChI=1S/C10H18O3/c1-5-6(13-4)7-8(9(11)12)10(7,2)3/h6-8H,5H2,1-4H3,(H,11,12)/t6?,7-,8+/m1/s1. The molecule has 13 heavy (non-hydrogen) atoms. The zero-order valence-corrected chi connectivity index (χ0v) is 8.70. The Morgan fingerprint density at radius 3 is 2.38 bits per heavy atom. The molecule has 0 aromatic heterocycles. The monoisotopic (exact) mass is 186 g/mol. The Morgan fingerprint density at radius 1 is 1.62 bits per heavy atom. The van der Waals surface area contributed by atoms with E-state index in [1.54, 1.807) is 7.11 Å². The van der Waals surface area contributed by atoms with Crippen LogP contribution in [0.2, 0.25) is 0 Å². The predicted molar refractivity (Wildman–Crippen MR) is 49.5 cm³/mol. The molecule has 3 nitrogen and oxygen atoms in total. The van der Waals surface area contributed by atoms with E-state index >= 15 is 0 Å². The molecule has 1 fully saturated rings. The summed E-state index contributed by atoms with van der Waals surface area (Å²) in [5.41, 5.74) is -0.0947. The summed E-state index contributed by atoms with van der Waals surface area (Å²) < 4.78 is 5.28. The third kappa shape index (κ3) is 1.57. The van der Waals surface area contributed by atoms with Gasteiger partial charge in [-0.05, 0) is 11.8 Å². The third-order valence-electron chi connectivity index (χ3n) is 3.28. The maximum atomic E-state index is 10.9. The Morgan fingerprint density at radius 2 is 2.15 bits per heavy atom. The lowest BCUT2D eigenvalue weighted by atomic mass is 10.0. The highest BCUT2D eigenvalue weighted by atomic mass is 16.5. The van der Waals surface area contributed by atoms with Gasteiger partial charge in [-0.1, -0.05) is 20.8 Å². The SMILES string of the molecule is CCC(OC)[C@@H]1[C@@H](C(=O)O)C1(C)C. The van der Waals surface area contributed by atoms with Crippen molar-refractivity contribution in [1.29, 1.82) is 0 Å². The van der Waals surface area contributed by atoms with Crippen molar-refractivity contribution >= 4 is 5.97 Å². The molecule has 0 saturated heterocycles. The molecular weight excluding hydrogens is 168 g/mol.